The minimum atomic E-state index is -0.924. The SMILES string of the molecule is CC1CCC(NC(=O)Nc2ccc(CC(=O)O)nc2)CC1. The van der Waals surface area contributed by atoms with Crippen molar-refractivity contribution in [3.63, 3.8) is 0 Å². The van der Waals surface area contributed by atoms with E-state index in [9.17, 15) is 9.59 Å². The highest BCUT2D eigenvalue weighted by Gasteiger charge is 2.19. The van der Waals surface area contributed by atoms with Crippen LogP contribution in [0.2, 0.25) is 0 Å². The van der Waals surface area contributed by atoms with Crippen molar-refractivity contribution >= 4 is 17.7 Å². The Labute approximate surface area is 124 Å². The van der Waals surface area contributed by atoms with Gasteiger partial charge in [0, 0.05) is 6.04 Å². The normalized spacial score (nSPS) is 21.6. The first-order chi connectivity index (χ1) is 10.0. The minimum Gasteiger partial charge on any atom is -0.481 e. The number of rotatable bonds is 4. The van der Waals surface area contributed by atoms with Gasteiger partial charge >= 0.3 is 12.0 Å². The summed E-state index contributed by atoms with van der Waals surface area (Å²) >= 11 is 0. The van der Waals surface area contributed by atoms with Gasteiger partial charge in [-0.1, -0.05) is 6.92 Å². The van der Waals surface area contributed by atoms with Gasteiger partial charge in [-0.2, -0.15) is 0 Å². The van der Waals surface area contributed by atoms with E-state index < -0.39 is 5.97 Å². The molecule has 1 saturated carbocycles. The van der Waals surface area contributed by atoms with E-state index >= 15 is 0 Å². The maximum Gasteiger partial charge on any atom is 0.319 e. The van der Waals surface area contributed by atoms with Gasteiger partial charge in [-0.15, -0.1) is 0 Å². The summed E-state index contributed by atoms with van der Waals surface area (Å²) < 4.78 is 0. The smallest absolute Gasteiger partial charge is 0.319 e. The molecule has 0 spiro atoms. The lowest BCUT2D eigenvalue weighted by Crippen LogP contribution is -2.39. The van der Waals surface area contributed by atoms with Crippen molar-refractivity contribution in [2.24, 2.45) is 5.92 Å². The third-order valence-electron chi connectivity index (χ3n) is 3.77. The Morgan fingerprint density at radius 3 is 2.57 bits per heavy atom. The van der Waals surface area contributed by atoms with E-state index in [-0.39, 0.29) is 18.5 Å². The number of pyridine rings is 1. The largest absolute Gasteiger partial charge is 0.481 e. The summed E-state index contributed by atoms with van der Waals surface area (Å²) in [5, 5.41) is 14.3. The fourth-order valence-corrected chi connectivity index (χ4v) is 2.51. The lowest BCUT2D eigenvalue weighted by molar-refractivity contribution is -0.136. The van der Waals surface area contributed by atoms with Gasteiger partial charge < -0.3 is 15.7 Å². The molecule has 0 saturated heterocycles. The van der Waals surface area contributed by atoms with Crippen LogP contribution in [0.5, 0.6) is 0 Å². The van der Waals surface area contributed by atoms with Gasteiger partial charge in [-0.05, 0) is 43.7 Å². The molecule has 2 amide bonds. The fourth-order valence-electron chi connectivity index (χ4n) is 2.51. The molecule has 21 heavy (non-hydrogen) atoms. The number of hydrogen-bond donors (Lipinski definition) is 3. The van der Waals surface area contributed by atoms with Crippen molar-refractivity contribution in [1.82, 2.24) is 10.3 Å². The molecule has 2 rings (SSSR count). The summed E-state index contributed by atoms with van der Waals surface area (Å²) in [6.07, 6.45) is 5.69. The first-order valence-corrected chi connectivity index (χ1v) is 7.27. The number of anilines is 1. The van der Waals surface area contributed by atoms with E-state index in [0.29, 0.717) is 11.4 Å². The topological polar surface area (TPSA) is 91.3 Å². The second-order valence-corrected chi connectivity index (χ2v) is 5.66. The highest BCUT2D eigenvalue weighted by atomic mass is 16.4. The van der Waals surface area contributed by atoms with Crippen LogP contribution in [0, 0.1) is 5.92 Å². The summed E-state index contributed by atoms with van der Waals surface area (Å²) in [6, 6.07) is 3.27. The van der Waals surface area contributed by atoms with E-state index in [1.54, 1.807) is 12.1 Å². The fraction of sp³-hybridized carbons (Fsp3) is 0.533. The van der Waals surface area contributed by atoms with Gasteiger partial charge in [0.25, 0.3) is 0 Å². The molecule has 6 heteroatoms. The van der Waals surface area contributed by atoms with E-state index in [0.717, 1.165) is 31.6 Å². The van der Waals surface area contributed by atoms with Crippen LogP contribution in [0.4, 0.5) is 10.5 Å². The second kappa shape index (κ2) is 7.06. The first kappa shape index (κ1) is 15.3. The van der Waals surface area contributed by atoms with Gasteiger partial charge in [0.05, 0.1) is 24.0 Å². The molecular weight excluding hydrogens is 270 g/mol. The molecule has 1 fully saturated rings. The zero-order valence-electron chi connectivity index (χ0n) is 12.1. The summed E-state index contributed by atoms with van der Waals surface area (Å²) in [5.74, 6) is -0.176. The maximum atomic E-state index is 11.9. The summed E-state index contributed by atoms with van der Waals surface area (Å²) in [5.41, 5.74) is 1.03. The van der Waals surface area contributed by atoms with Crippen LogP contribution in [0.1, 0.15) is 38.3 Å². The van der Waals surface area contributed by atoms with Crippen molar-refractivity contribution in [2.75, 3.05) is 5.32 Å². The molecule has 1 aromatic rings. The van der Waals surface area contributed by atoms with Crippen LogP contribution in [0.25, 0.3) is 0 Å². The zero-order chi connectivity index (χ0) is 15.2. The number of urea groups is 1. The highest BCUT2D eigenvalue weighted by molar-refractivity contribution is 5.89. The Bertz CT molecular complexity index is 493. The van der Waals surface area contributed by atoms with Gasteiger partial charge in [-0.25, -0.2) is 4.79 Å². The molecule has 1 aliphatic rings. The Balaban J connectivity index is 1.80. The number of aliphatic carboxylic acids is 1. The lowest BCUT2D eigenvalue weighted by Gasteiger charge is -2.26. The second-order valence-electron chi connectivity index (χ2n) is 5.66. The standard InChI is InChI=1S/C15H21N3O3/c1-10-2-4-11(5-3-10)17-15(21)18-13-7-6-12(16-9-13)8-14(19)20/h6-7,9-11H,2-5,8H2,1H3,(H,19,20)(H2,17,18,21). The lowest BCUT2D eigenvalue weighted by atomic mass is 9.87. The Hall–Kier alpha value is -2.11. The van der Waals surface area contributed by atoms with E-state index in [4.69, 9.17) is 5.11 Å². The number of carbonyl (C=O) groups is 2. The molecule has 0 aromatic carbocycles. The molecule has 3 N–H and O–H groups in total. The van der Waals surface area contributed by atoms with E-state index in [1.807, 2.05) is 0 Å². The van der Waals surface area contributed by atoms with Crippen LogP contribution in [0.3, 0.4) is 0 Å². The van der Waals surface area contributed by atoms with Crippen LogP contribution in [0.15, 0.2) is 18.3 Å². The summed E-state index contributed by atoms with van der Waals surface area (Å²) in [4.78, 5) is 26.4. The van der Waals surface area contributed by atoms with Gasteiger partial charge in [-0.3, -0.25) is 9.78 Å². The molecule has 0 aliphatic heterocycles. The van der Waals surface area contributed by atoms with Crippen molar-refractivity contribution in [1.29, 1.82) is 0 Å². The summed E-state index contributed by atoms with van der Waals surface area (Å²) in [6.45, 7) is 2.24. The van der Waals surface area contributed by atoms with Gasteiger partial charge in [0.2, 0.25) is 0 Å². The van der Waals surface area contributed by atoms with Crippen LogP contribution >= 0.6 is 0 Å². The monoisotopic (exact) mass is 291 g/mol. The van der Waals surface area contributed by atoms with Crippen LogP contribution < -0.4 is 10.6 Å². The quantitative estimate of drug-likeness (QED) is 0.794. The minimum absolute atomic E-state index is 0.118. The number of hydrogen-bond acceptors (Lipinski definition) is 3. The van der Waals surface area contributed by atoms with E-state index in [2.05, 4.69) is 22.5 Å². The van der Waals surface area contributed by atoms with Crippen molar-refractivity contribution in [3.8, 4) is 0 Å². The van der Waals surface area contributed by atoms with E-state index in [1.165, 1.54) is 6.20 Å². The average Bonchev–Trinajstić information content (AvgIpc) is 2.43. The molecular formula is C15H21N3O3. The van der Waals surface area contributed by atoms with Crippen molar-refractivity contribution < 1.29 is 14.7 Å². The zero-order valence-corrected chi connectivity index (χ0v) is 12.1. The summed E-state index contributed by atoms with van der Waals surface area (Å²) in [7, 11) is 0. The maximum absolute atomic E-state index is 11.9. The average molecular weight is 291 g/mol. The number of amides is 2. The molecule has 0 bridgehead atoms. The molecule has 1 aliphatic carbocycles. The molecule has 1 aromatic heterocycles. The number of carbonyl (C=O) groups excluding carboxylic acids is 1. The van der Waals surface area contributed by atoms with Crippen molar-refractivity contribution in [3.05, 3.63) is 24.0 Å². The number of carboxylic acid groups (broad SMARTS) is 1. The third kappa shape index (κ3) is 5.06. The first-order valence-electron chi connectivity index (χ1n) is 7.27. The predicted octanol–water partition coefficient (Wildman–Crippen LogP) is 2.41. The Morgan fingerprint density at radius 1 is 1.29 bits per heavy atom. The molecule has 6 nitrogen and oxygen atoms in total. The Kier molecular flexibility index (Phi) is 5.14. The molecule has 0 atom stereocenters. The Morgan fingerprint density at radius 2 is 2.00 bits per heavy atom. The van der Waals surface area contributed by atoms with Gasteiger partial charge in [0.1, 0.15) is 0 Å². The molecule has 114 valence electrons. The number of nitrogens with one attached hydrogen (secondary N) is 2. The number of carboxylic acids is 1. The third-order valence-corrected chi connectivity index (χ3v) is 3.77. The van der Waals surface area contributed by atoms with Crippen LogP contribution in [-0.2, 0) is 11.2 Å². The van der Waals surface area contributed by atoms with Gasteiger partial charge in [0.15, 0.2) is 0 Å². The molecule has 0 radical (unpaired) electrons. The molecule has 0 unspecified atom stereocenters. The highest BCUT2D eigenvalue weighted by Crippen LogP contribution is 2.23. The van der Waals surface area contributed by atoms with Crippen molar-refractivity contribution in [2.45, 2.75) is 45.1 Å². The number of nitrogens with zero attached hydrogens (tertiary/aromatic N) is 1. The predicted molar refractivity (Wildman–Crippen MR) is 79.2 cm³/mol. The molecule has 1 heterocycles. The van der Waals surface area contributed by atoms with Crippen LogP contribution in [-0.4, -0.2) is 28.1 Å². The number of aromatic nitrogens is 1.